The third-order valence-electron chi connectivity index (χ3n) is 2.43. The Morgan fingerprint density at radius 3 is 2.89 bits per heavy atom. The Hall–Kier alpha value is -0.870. The summed E-state index contributed by atoms with van der Waals surface area (Å²) in [6.45, 7) is 4.00. The molecule has 18 heavy (non-hydrogen) atoms. The largest absolute Gasteiger partial charge is 0.379 e. The number of nitrogens with one attached hydrogen (secondary N) is 1. The van der Waals surface area contributed by atoms with Crippen molar-refractivity contribution >= 4 is 34.3 Å². The maximum absolute atomic E-state index is 7.16. The van der Waals surface area contributed by atoms with Crippen LogP contribution in [0.1, 0.15) is 25.8 Å². The molecule has 1 aliphatic heterocycles. The SMILES string of the molecule is CC.N=C(N)SC/C=C1\CCSc2ccccc21. The third kappa shape index (κ3) is 4.42. The molecule has 0 bridgehead atoms. The first-order valence-corrected chi connectivity index (χ1v) is 8.12. The summed E-state index contributed by atoms with van der Waals surface area (Å²) in [7, 11) is 0. The van der Waals surface area contributed by atoms with Gasteiger partial charge in [-0.05, 0) is 23.6 Å². The highest BCUT2D eigenvalue weighted by Gasteiger charge is 2.12. The fourth-order valence-electron chi connectivity index (χ4n) is 1.71. The van der Waals surface area contributed by atoms with E-state index in [1.54, 1.807) is 0 Å². The van der Waals surface area contributed by atoms with E-state index in [1.807, 2.05) is 25.6 Å². The van der Waals surface area contributed by atoms with E-state index in [2.05, 4.69) is 30.3 Å². The molecule has 2 rings (SSSR count). The molecular weight excluding hydrogens is 260 g/mol. The van der Waals surface area contributed by atoms with Crippen LogP contribution >= 0.6 is 23.5 Å². The van der Waals surface area contributed by atoms with Gasteiger partial charge in [0.15, 0.2) is 5.17 Å². The van der Waals surface area contributed by atoms with Gasteiger partial charge in [0.1, 0.15) is 0 Å². The molecule has 0 amide bonds. The molecule has 0 fully saturated rings. The Kier molecular flexibility index (Phi) is 6.98. The zero-order valence-corrected chi connectivity index (χ0v) is 12.5. The van der Waals surface area contributed by atoms with Crippen molar-refractivity contribution in [1.29, 1.82) is 5.41 Å². The zero-order chi connectivity index (χ0) is 13.4. The lowest BCUT2D eigenvalue weighted by atomic mass is 10.0. The number of nitrogens with two attached hydrogens (primary N) is 1. The summed E-state index contributed by atoms with van der Waals surface area (Å²) in [6.07, 6.45) is 3.31. The number of hydrogen-bond donors (Lipinski definition) is 2. The minimum absolute atomic E-state index is 0.190. The quantitative estimate of drug-likeness (QED) is 0.630. The van der Waals surface area contributed by atoms with Gasteiger partial charge in [0.2, 0.25) is 0 Å². The normalized spacial score (nSPS) is 15.6. The van der Waals surface area contributed by atoms with Gasteiger partial charge in [-0.25, -0.2) is 0 Å². The minimum atomic E-state index is 0.190. The van der Waals surface area contributed by atoms with Gasteiger partial charge in [-0.2, -0.15) is 0 Å². The van der Waals surface area contributed by atoms with E-state index in [0.29, 0.717) is 0 Å². The van der Waals surface area contributed by atoms with Crippen molar-refractivity contribution < 1.29 is 0 Å². The molecule has 0 radical (unpaired) electrons. The number of hydrogen-bond acceptors (Lipinski definition) is 3. The second kappa shape index (κ2) is 8.27. The molecule has 3 N–H and O–H groups in total. The lowest BCUT2D eigenvalue weighted by Crippen LogP contribution is -2.04. The van der Waals surface area contributed by atoms with Crippen molar-refractivity contribution in [1.82, 2.24) is 0 Å². The van der Waals surface area contributed by atoms with E-state index in [9.17, 15) is 0 Å². The van der Waals surface area contributed by atoms with Gasteiger partial charge >= 0.3 is 0 Å². The van der Waals surface area contributed by atoms with E-state index in [1.165, 1.54) is 27.8 Å². The van der Waals surface area contributed by atoms with Crippen molar-refractivity contribution in [3.05, 3.63) is 35.9 Å². The topological polar surface area (TPSA) is 49.9 Å². The van der Waals surface area contributed by atoms with Gasteiger partial charge in [0.25, 0.3) is 0 Å². The first-order valence-electron chi connectivity index (χ1n) is 6.15. The molecule has 0 saturated heterocycles. The molecule has 0 saturated carbocycles. The number of fused-ring (bicyclic) bond motifs is 1. The molecule has 98 valence electrons. The summed E-state index contributed by atoms with van der Waals surface area (Å²) in [4.78, 5) is 1.37. The van der Waals surface area contributed by atoms with E-state index in [0.717, 1.165) is 17.9 Å². The predicted octanol–water partition coefficient (Wildman–Crippen LogP) is 4.22. The van der Waals surface area contributed by atoms with Crippen LogP contribution in [0.25, 0.3) is 5.57 Å². The molecular formula is C14H20N2S2. The first-order chi connectivity index (χ1) is 8.77. The number of rotatable bonds is 2. The molecule has 1 heterocycles. The van der Waals surface area contributed by atoms with Crippen molar-refractivity contribution in [3.63, 3.8) is 0 Å². The summed E-state index contributed by atoms with van der Waals surface area (Å²) < 4.78 is 0. The van der Waals surface area contributed by atoms with Gasteiger partial charge in [0, 0.05) is 16.4 Å². The first kappa shape index (κ1) is 15.2. The molecule has 1 aromatic carbocycles. The lowest BCUT2D eigenvalue weighted by Gasteiger charge is -2.18. The fourth-order valence-corrected chi connectivity index (χ4v) is 3.24. The van der Waals surface area contributed by atoms with Crippen molar-refractivity contribution in [3.8, 4) is 0 Å². The van der Waals surface area contributed by atoms with Crippen LogP contribution in [0.4, 0.5) is 0 Å². The van der Waals surface area contributed by atoms with E-state index in [-0.39, 0.29) is 5.17 Å². The molecule has 1 aliphatic rings. The monoisotopic (exact) mass is 280 g/mol. The average Bonchev–Trinajstić information content (AvgIpc) is 2.41. The molecule has 0 aliphatic carbocycles. The minimum Gasteiger partial charge on any atom is -0.379 e. The number of benzene rings is 1. The standard InChI is InChI=1S/C12H14N2S2.C2H6/c13-12(14)16-8-6-9-5-7-15-11-4-2-1-3-10(9)11;1-2/h1-4,6H,5,7-8H2,(H3,13,14);1-2H3/b9-6+;. The van der Waals surface area contributed by atoms with Crippen molar-refractivity contribution in [2.75, 3.05) is 11.5 Å². The Balaban J connectivity index is 0.000000771. The van der Waals surface area contributed by atoms with Crippen LogP contribution in [0.5, 0.6) is 0 Å². The van der Waals surface area contributed by atoms with Gasteiger partial charge in [-0.1, -0.05) is 49.9 Å². The summed E-state index contributed by atoms with van der Waals surface area (Å²) >= 11 is 3.30. The number of amidine groups is 1. The molecule has 0 atom stereocenters. The zero-order valence-electron chi connectivity index (χ0n) is 10.9. The van der Waals surface area contributed by atoms with Crippen LogP contribution in [-0.4, -0.2) is 16.7 Å². The van der Waals surface area contributed by atoms with E-state index < -0.39 is 0 Å². The number of allylic oxidation sites excluding steroid dienone is 1. The Labute approximate surface area is 118 Å². The van der Waals surface area contributed by atoms with Crippen LogP contribution < -0.4 is 5.73 Å². The Morgan fingerprint density at radius 1 is 1.44 bits per heavy atom. The maximum atomic E-state index is 7.16. The number of thioether (sulfide) groups is 2. The summed E-state index contributed by atoms with van der Waals surface area (Å²) in [6, 6.07) is 8.51. The van der Waals surface area contributed by atoms with Crippen LogP contribution in [0.15, 0.2) is 35.2 Å². The summed E-state index contributed by atoms with van der Waals surface area (Å²) in [5, 5.41) is 7.35. The van der Waals surface area contributed by atoms with E-state index in [4.69, 9.17) is 11.1 Å². The Morgan fingerprint density at radius 2 is 2.17 bits per heavy atom. The predicted molar refractivity (Wildman–Crippen MR) is 85.5 cm³/mol. The third-order valence-corrected chi connectivity index (χ3v) is 4.15. The van der Waals surface area contributed by atoms with Gasteiger partial charge < -0.3 is 5.73 Å². The van der Waals surface area contributed by atoms with Gasteiger partial charge in [-0.15, -0.1) is 11.8 Å². The van der Waals surface area contributed by atoms with Crippen LogP contribution in [0.2, 0.25) is 0 Å². The second-order valence-electron chi connectivity index (χ2n) is 3.50. The van der Waals surface area contributed by atoms with Crippen LogP contribution in [-0.2, 0) is 0 Å². The molecule has 0 spiro atoms. The van der Waals surface area contributed by atoms with Crippen molar-refractivity contribution in [2.45, 2.75) is 25.2 Å². The molecule has 1 aromatic rings. The molecule has 0 unspecified atom stereocenters. The smallest absolute Gasteiger partial charge is 0.151 e. The van der Waals surface area contributed by atoms with Crippen molar-refractivity contribution in [2.24, 2.45) is 5.73 Å². The molecule has 2 nitrogen and oxygen atoms in total. The highest BCUT2D eigenvalue weighted by molar-refractivity contribution is 8.13. The molecule has 0 aromatic heterocycles. The highest BCUT2D eigenvalue weighted by Crippen LogP contribution is 2.36. The van der Waals surface area contributed by atoms with Gasteiger partial charge in [-0.3, -0.25) is 5.41 Å². The summed E-state index contributed by atoms with van der Waals surface area (Å²) in [5.74, 6) is 1.94. The van der Waals surface area contributed by atoms with Crippen LogP contribution in [0, 0.1) is 5.41 Å². The lowest BCUT2D eigenvalue weighted by molar-refractivity contribution is 1.18. The second-order valence-corrected chi connectivity index (χ2v) is 5.70. The average molecular weight is 280 g/mol. The molecule has 4 heteroatoms. The van der Waals surface area contributed by atoms with E-state index >= 15 is 0 Å². The Bertz CT molecular complexity index is 428. The summed E-state index contributed by atoms with van der Waals surface area (Å²) in [5.41, 5.74) is 8.06. The van der Waals surface area contributed by atoms with Gasteiger partial charge in [0.05, 0.1) is 0 Å². The fraction of sp³-hybridized carbons (Fsp3) is 0.357. The highest BCUT2D eigenvalue weighted by atomic mass is 32.2. The maximum Gasteiger partial charge on any atom is 0.151 e. The van der Waals surface area contributed by atoms with Crippen LogP contribution in [0.3, 0.4) is 0 Å².